The number of carbonyl (C=O) groups excluding carboxylic acids is 2. The first-order valence-electron chi connectivity index (χ1n) is 19.9. The monoisotopic (exact) mass is 843 g/mol. The Hall–Kier alpha value is -5.97. The van der Waals surface area contributed by atoms with Gasteiger partial charge in [0.15, 0.2) is 22.4 Å². The van der Waals surface area contributed by atoms with Crippen LogP contribution in [0.5, 0.6) is 11.5 Å². The number of anilines is 2. The number of phenolic OH excluding ortho intramolecular Hbond substituents is 1. The number of carbonyl (C=O) groups is 2. The van der Waals surface area contributed by atoms with Gasteiger partial charge in [-0.3, -0.25) is 19.2 Å². The number of allylic oxidation sites excluding steroid dienone is 2. The van der Waals surface area contributed by atoms with Gasteiger partial charge < -0.3 is 54.0 Å². The summed E-state index contributed by atoms with van der Waals surface area (Å²) in [6.07, 6.45) is 3.51. The fraction of sp³-hybridized carbons (Fsp3) is 0.444. The Balaban J connectivity index is 1.65. The Morgan fingerprint density at radius 2 is 1.64 bits per heavy atom. The normalized spacial score (nSPS) is 29.5. The van der Waals surface area contributed by atoms with E-state index in [4.69, 9.17) is 23.4 Å². The molecule has 4 aromatic rings. The van der Waals surface area contributed by atoms with Crippen molar-refractivity contribution in [2.45, 2.75) is 85.6 Å². The second-order valence-corrected chi connectivity index (χ2v) is 16.4. The molecular formula is C45H53N3O13. The summed E-state index contributed by atoms with van der Waals surface area (Å²) in [7, 11) is 4.89. The minimum absolute atomic E-state index is 0.00352. The number of aromatic nitrogens is 1. The molecule has 1 aromatic heterocycles. The van der Waals surface area contributed by atoms with E-state index in [1.165, 1.54) is 59.3 Å². The molecule has 16 heteroatoms. The predicted octanol–water partition coefficient (Wildman–Crippen LogP) is 4.63. The number of benzene rings is 3. The van der Waals surface area contributed by atoms with Gasteiger partial charge in [0.05, 0.1) is 35.2 Å². The third kappa shape index (κ3) is 7.90. The predicted molar refractivity (Wildman–Crippen MR) is 229 cm³/mol. The maximum Gasteiger partial charge on any atom is 0.307 e. The molecule has 0 saturated heterocycles. The van der Waals surface area contributed by atoms with Crippen molar-refractivity contribution in [3.8, 4) is 11.5 Å². The average Bonchev–Trinajstić information content (AvgIpc) is 3.48. The molecule has 0 fully saturated rings. The highest BCUT2D eigenvalue weighted by Crippen LogP contribution is 2.42. The van der Waals surface area contributed by atoms with Crippen LogP contribution in [0.3, 0.4) is 0 Å². The Morgan fingerprint density at radius 3 is 2.28 bits per heavy atom. The van der Waals surface area contributed by atoms with Crippen LogP contribution >= 0.6 is 0 Å². The first kappa shape index (κ1) is 44.6. The van der Waals surface area contributed by atoms with E-state index in [1.54, 1.807) is 64.9 Å². The molecule has 1 amide bonds. The van der Waals surface area contributed by atoms with Crippen molar-refractivity contribution in [2.24, 2.45) is 23.7 Å². The molecule has 9 atom stereocenters. The molecular weight excluding hydrogens is 791 g/mol. The molecule has 61 heavy (non-hydrogen) atoms. The van der Waals surface area contributed by atoms with Gasteiger partial charge in [0, 0.05) is 93.1 Å². The van der Waals surface area contributed by atoms with Crippen LogP contribution in [0.4, 0.5) is 11.4 Å². The summed E-state index contributed by atoms with van der Waals surface area (Å²) in [5.74, 6) is -6.95. The summed E-state index contributed by atoms with van der Waals surface area (Å²) in [4.78, 5) is 60.7. The number of aliphatic hydroxyl groups is 3. The number of fused-ring (bicyclic) bond motifs is 2. The van der Waals surface area contributed by atoms with Gasteiger partial charge in [-0.15, -0.1) is 0 Å². The van der Waals surface area contributed by atoms with Gasteiger partial charge >= 0.3 is 11.8 Å². The minimum atomic E-state index is -1.98. The largest absolute Gasteiger partial charge is 0.507 e. The third-order valence-electron chi connectivity index (χ3n) is 11.9. The van der Waals surface area contributed by atoms with E-state index in [0.29, 0.717) is 5.69 Å². The van der Waals surface area contributed by atoms with Crippen LogP contribution in [0, 0.1) is 30.6 Å². The molecule has 2 aliphatic heterocycles. The number of aromatic hydroxyl groups is 1. The maximum atomic E-state index is 14.6. The van der Waals surface area contributed by atoms with Crippen molar-refractivity contribution in [2.75, 3.05) is 31.4 Å². The van der Waals surface area contributed by atoms with Gasteiger partial charge in [-0.05, 0) is 19.9 Å². The van der Waals surface area contributed by atoms with Crippen LogP contribution in [0.15, 0.2) is 62.3 Å². The zero-order valence-corrected chi connectivity index (χ0v) is 36.0. The Bertz CT molecular complexity index is 2700. The van der Waals surface area contributed by atoms with Crippen LogP contribution in [-0.2, 0) is 23.8 Å². The lowest BCUT2D eigenvalue weighted by Crippen LogP contribution is -2.46. The SMILES string of the molecule is CO[C@H]1/C=C\O[C@@]2(C)Oc3c(C)c(O)c4c(=O)c(c5oc6cc(N(C)C)cc(=O)c6nc5c4c3=C2O)NC(=O)/C(C)=C/C=C/[C@H](C)[C@H](O)[C@@H](C)[C@@H](O)[C@@H](C)[C@H](OC(C)=O)[C@@H]1C. The first-order chi connectivity index (χ1) is 28.6. The van der Waals surface area contributed by atoms with Gasteiger partial charge in [-0.1, -0.05) is 45.9 Å². The van der Waals surface area contributed by atoms with Crippen LogP contribution in [0.25, 0.3) is 38.7 Å². The van der Waals surface area contributed by atoms with Crippen molar-refractivity contribution in [3.63, 3.8) is 0 Å². The Morgan fingerprint density at radius 1 is 0.951 bits per heavy atom. The number of nitrogens with zero attached hydrogens (tertiary/aromatic N) is 2. The van der Waals surface area contributed by atoms with Gasteiger partial charge in [0.1, 0.15) is 28.8 Å². The van der Waals surface area contributed by atoms with Gasteiger partial charge in [-0.2, -0.15) is 0 Å². The highest BCUT2D eigenvalue weighted by Gasteiger charge is 2.44. The highest BCUT2D eigenvalue weighted by atomic mass is 16.7. The van der Waals surface area contributed by atoms with Crippen LogP contribution in [0.1, 0.15) is 54.0 Å². The standard InChI is InChI=1S/C45H53N3O13/c1-19-13-12-14-20(2)44(56)47-35-39(54)31-30(34-42(35)60-29-18-26(48(9)10)17-27(50)33(29)46-34)32-41(24(6)38(31)53)61-45(8,43(32)55)58-16-15-28(57-11)21(3)40(59-25(7)49)23(5)37(52)22(4)36(19)51/h12-19,21-23,28,36-37,40,51-53,55H,1-11H3,(H,47,56)/b13-12+,16-15-,20-14+/t19-,21+,22+,23+,28-,36-,37+,40+,45-/m0/s1. The second kappa shape index (κ2) is 16.8. The quantitative estimate of drug-likeness (QED) is 0.108. The number of hydrogen-bond acceptors (Lipinski definition) is 15. The summed E-state index contributed by atoms with van der Waals surface area (Å²) in [6, 6.07) is 2.91. The molecule has 0 radical (unpaired) electrons. The topological polar surface area (TPSA) is 227 Å². The number of hydrogen-bond donors (Lipinski definition) is 5. The van der Waals surface area contributed by atoms with E-state index < -0.39 is 93.8 Å². The van der Waals surface area contributed by atoms with Gasteiger partial charge in [0.25, 0.3) is 5.91 Å². The molecule has 4 bridgehead atoms. The number of methoxy groups -OCH3 is 1. The molecule has 16 nitrogen and oxygen atoms in total. The van der Waals surface area contributed by atoms with Gasteiger partial charge in [0.2, 0.25) is 10.9 Å². The van der Waals surface area contributed by atoms with E-state index >= 15 is 0 Å². The van der Waals surface area contributed by atoms with Crippen LogP contribution < -0.4 is 31.0 Å². The number of ether oxygens (including phenoxy) is 4. The van der Waals surface area contributed by atoms with Gasteiger partial charge in [-0.25, -0.2) is 4.98 Å². The number of esters is 1. The molecule has 0 unspecified atom stereocenters. The molecule has 2 aliphatic rings. The van der Waals surface area contributed by atoms with E-state index in [1.807, 2.05) is 0 Å². The van der Waals surface area contributed by atoms with Crippen LogP contribution in [-0.4, -0.2) is 88.7 Å². The summed E-state index contributed by atoms with van der Waals surface area (Å²) >= 11 is 0. The molecule has 0 spiro atoms. The van der Waals surface area contributed by atoms with Crippen molar-refractivity contribution in [3.05, 3.63) is 79.5 Å². The number of nitrogens with one attached hydrogen (secondary N) is 1. The highest BCUT2D eigenvalue weighted by molar-refractivity contribution is 6.16. The smallest absolute Gasteiger partial charge is 0.307 e. The van der Waals surface area contributed by atoms with E-state index in [-0.39, 0.29) is 55.1 Å². The van der Waals surface area contributed by atoms with Crippen molar-refractivity contribution in [1.29, 1.82) is 0 Å². The van der Waals surface area contributed by atoms with E-state index in [2.05, 4.69) is 10.3 Å². The number of phenols is 1. The van der Waals surface area contributed by atoms with Crippen molar-refractivity contribution < 1.29 is 53.4 Å². The first-order valence-corrected chi connectivity index (χ1v) is 19.9. The Labute approximate surface area is 351 Å². The fourth-order valence-electron chi connectivity index (χ4n) is 8.13. The molecule has 5 N–H and O–H groups in total. The third-order valence-corrected chi connectivity index (χ3v) is 11.9. The zero-order valence-electron chi connectivity index (χ0n) is 36.0. The lowest BCUT2D eigenvalue weighted by molar-refractivity contribution is -0.160. The zero-order chi connectivity index (χ0) is 45.0. The van der Waals surface area contributed by atoms with E-state index in [9.17, 15) is 39.6 Å². The molecule has 0 aliphatic carbocycles. The lowest BCUT2D eigenvalue weighted by Gasteiger charge is -2.38. The Kier molecular flexibility index (Phi) is 12.3. The summed E-state index contributed by atoms with van der Waals surface area (Å²) in [6.45, 7) is 12.5. The van der Waals surface area contributed by atoms with Crippen molar-refractivity contribution >= 4 is 62.0 Å². The maximum absolute atomic E-state index is 14.6. The summed E-state index contributed by atoms with van der Waals surface area (Å²) < 4.78 is 30.2. The minimum Gasteiger partial charge on any atom is -0.507 e. The molecule has 326 valence electrons. The summed E-state index contributed by atoms with van der Waals surface area (Å²) in [5.41, 5.74) is -1.66. The van der Waals surface area contributed by atoms with Crippen LogP contribution in [0.2, 0.25) is 0 Å². The molecule has 3 heterocycles. The average molecular weight is 844 g/mol. The lowest BCUT2D eigenvalue weighted by atomic mass is 9.78. The summed E-state index contributed by atoms with van der Waals surface area (Å²) in [5, 5.41) is 48.8. The molecule has 6 rings (SSSR count). The van der Waals surface area contributed by atoms with E-state index in [0.717, 1.165) is 0 Å². The number of aliphatic hydroxyl groups excluding tert-OH is 3. The molecule has 3 aromatic carbocycles. The number of amides is 1. The molecule has 0 saturated carbocycles. The van der Waals surface area contributed by atoms with Crippen molar-refractivity contribution in [1.82, 2.24) is 4.98 Å². The number of rotatable bonds is 3. The second-order valence-electron chi connectivity index (χ2n) is 16.4. The fourth-order valence-corrected chi connectivity index (χ4v) is 8.13.